The molecule has 0 radical (unpaired) electrons. The molecule has 5 heteroatoms. The molecule has 1 fully saturated rings. The first-order chi connectivity index (χ1) is 12.7. The topological polar surface area (TPSA) is 52.7 Å². The summed E-state index contributed by atoms with van der Waals surface area (Å²) in [5, 5.41) is 4.97. The highest BCUT2D eigenvalue weighted by Gasteiger charge is 2.30. The Morgan fingerprint density at radius 3 is 2.62 bits per heavy atom. The molecule has 26 heavy (non-hydrogen) atoms. The minimum Gasteiger partial charge on any atom is -0.355 e. The fourth-order valence-electron chi connectivity index (χ4n) is 4.05. The lowest BCUT2D eigenvalue weighted by Gasteiger charge is -2.26. The molecule has 0 aromatic heterocycles. The van der Waals surface area contributed by atoms with E-state index in [9.17, 15) is 9.59 Å². The third-order valence-electron chi connectivity index (χ3n) is 5.37. The van der Waals surface area contributed by atoms with Gasteiger partial charge >= 0.3 is 0 Å². The van der Waals surface area contributed by atoms with Crippen molar-refractivity contribution in [2.75, 3.05) is 37.6 Å². The van der Waals surface area contributed by atoms with Crippen molar-refractivity contribution in [1.82, 2.24) is 10.2 Å². The van der Waals surface area contributed by atoms with Crippen molar-refractivity contribution in [2.45, 2.75) is 25.7 Å². The Morgan fingerprint density at radius 2 is 1.81 bits per heavy atom. The molecule has 1 N–H and O–H groups in total. The number of nitrogens with zero attached hydrogens (tertiary/aromatic N) is 2. The van der Waals surface area contributed by atoms with E-state index >= 15 is 0 Å². The number of rotatable bonds is 6. The molecule has 0 aliphatic carbocycles. The van der Waals surface area contributed by atoms with E-state index in [-0.39, 0.29) is 18.4 Å². The molecule has 0 unspecified atom stereocenters. The van der Waals surface area contributed by atoms with Crippen LogP contribution in [-0.4, -0.2) is 49.4 Å². The first-order valence-electron chi connectivity index (χ1n) is 9.57. The van der Waals surface area contributed by atoms with E-state index < -0.39 is 0 Å². The lowest BCUT2D eigenvalue weighted by atomic mass is 10.1. The van der Waals surface area contributed by atoms with Crippen LogP contribution in [0.2, 0.25) is 0 Å². The molecular formula is C21H25N3O2. The summed E-state index contributed by atoms with van der Waals surface area (Å²) < 4.78 is 0. The van der Waals surface area contributed by atoms with Gasteiger partial charge in [-0.1, -0.05) is 30.7 Å². The number of carbonyl (C=O) groups is 2. The van der Waals surface area contributed by atoms with Crippen LogP contribution in [0.15, 0.2) is 36.4 Å². The van der Waals surface area contributed by atoms with Gasteiger partial charge in [-0.2, -0.15) is 0 Å². The van der Waals surface area contributed by atoms with E-state index in [0.29, 0.717) is 12.1 Å². The van der Waals surface area contributed by atoms with Gasteiger partial charge in [0.2, 0.25) is 5.91 Å². The summed E-state index contributed by atoms with van der Waals surface area (Å²) in [6.45, 7) is 4.13. The summed E-state index contributed by atoms with van der Waals surface area (Å²) in [6.07, 6.45) is 4.87. The normalized spacial score (nSPS) is 17.1. The van der Waals surface area contributed by atoms with Crippen LogP contribution in [0.4, 0.5) is 5.69 Å². The minimum atomic E-state index is -0.0956. The standard InChI is InChI=1S/C21H25N3O2/c25-19(22-11-6-14-23-12-2-1-3-13-23)15-24-18-10-5-8-16-7-4-9-17(20(16)18)21(24)26/h4-5,7-10H,1-3,6,11-15H2,(H,22,25). The van der Waals surface area contributed by atoms with E-state index in [0.717, 1.165) is 29.4 Å². The van der Waals surface area contributed by atoms with E-state index in [4.69, 9.17) is 0 Å². The number of nitrogens with one attached hydrogen (secondary N) is 1. The lowest BCUT2D eigenvalue weighted by Crippen LogP contribution is -2.40. The highest BCUT2D eigenvalue weighted by atomic mass is 16.2. The molecule has 136 valence electrons. The zero-order valence-corrected chi connectivity index (χ0v) is 15.0. The van der Waals surface area contributed by atoms with Crippen molar-refractivity contribution < 1.29 is 9.59 Å². The molecule has 4 rings (SSSR count). The van der Waals surface area contributed by atoms with Gasteiger partial charge in [0.25, 0.3) is 5.91 Å². The van der Waals surface area contributed by atoms with Gasteiger partial charge in [0, 0.05) is 17.5 Å². The van der Waals surface area contributed by atoms with Gasteiger partial charge in [0.1, 0.15) is 6.54 Å². The lowest BCUT2D eigenvalue weighted by molar-refractivity contribution is -0.119. The first-order valence-corrected chi connectivity index (χ1v) is 9.57. The number of anilines is 1. The van der Waals surface area contributed by atoms with Gasteiger partial charge in [0.05, 0.1) is 5.69 Å². The Hall–Kier alpha value is -2.40. The van der Waals surface area contributed by atoms with Gasteiger partial charge in [-0.05, 0) is 56.4 Å². The molecule has 0 bridgehead atoms. The number of benzene rings is 2. The molecule has 1 saturated heterocycles. The minimum absolute atomic E-state index is 0.0797. The third kappa shape index (κ3) is 3.31. The summed E-state index contributed by atoms with van der Waals surface area (Å²) in [5.74, 6) is -0.179. The first kappa shape index (κ1) is 17.0. The van der Waals surface area contributed by atoms with Gasteiger partial charge in [-0.3, -0.25) is 14.5 Å². The number of hydrogen-bond acceptors (Lipinski definition) is 3. The fourth-order valence-corrected chi connectivity index (χ4v) is 4.05. The van der Waals surface area contributed by atoms with E-state index in [2.05, 4.69) is 10.2 Å². The van der Waals surface area contributed by atoms with Crippen LogP contribution in [-0.2, 0) is 4.79 Å². The molecular weight excluding hydrogens is 326 g/mol. The van der Waals surface area contributed by atoms with Crippen LogP contribution < -0.4 is 10.2 Å². The average molecular weight is 351 g/mol. The van der Waals surface area contributed by atoms with E-state index in [1.807, 2.05) is 36.4 Å². The maximum Gasteiger partial charge on any atom is 0.259 e. The Morgan fingerprint density at radius 1 is 1.04 bits per heavy atom. The van der Waals surface area contributed by atoms with Crippen LogP contribution in [0.5, 0.6) is 0 Å². The summed E-state index contributed by atoms with van der Waals surface area (Å²) in [5.41, 5.74) is 1.53. The monoisotopic (exact) mass is 351 g/mol. The summed E-state index contributed by atoms with van der Waals surface area (Å²) in [7, 11) is 0. The molecule has 0 spiro atoms. The summed E-state index contributed by atoms with van der Waals surface area (Å²) in [4.78, 5) is 29.1. The third-order valence-corrected chi connectivity index (χ3v) is 5.37. The van der Waals surface area contributed by atoms with Crippen LogP contribution in [0.3, 0.4) is 0 Å². The van der Waals surface area contributed by atoms with E-state index in [1.165, 1.54) is 32.4 Å². The van der Waals surface area contributed by atoms with Gasteiger partial charge in [-0.25, -0.2) is 0 Å². The highest BCUT2D eigenvalue weighted by molar-refractivity contribution is 6.26. The Labute approximate surface area is 154 Å². The van der Waals surface area contributed by atoms with Gasteiger partial charge in [0.15, 0.2) is 0 Å². The van der Waals surface area contributed by atoms with Crippen LogP contribution in [0.1, 0.15) is 36.0 Å². The SMILES string of the molecule is O=C(CN1C(=O)c2cccc3cccc1c23)NCCCN1CCCCC1. The number of piperidine rings is 1. The van der Waals surface area contributed by atoms with Crippen molar-refractivity contribution in [3.8, 4) is 0 Å². The van der Waals surface area contributed by atoms with Crippen LogP contribution in [0, 0.1) is 0 Å². The molecule has 0 saturated carbocycles. The second-order valence-corrected chi connectivity index (χ2v) is 7.18. The number of hydrogen-bond donors (Lipinski definition) is 1. The zero-order chi connectivity index (χ0) is 17.9. The number of likely N-dealkylation sites (tertiary alicyclic amines) is 1. The average Bonchev–Trinajstić information content (AvgIpc) is 2.94. The Kier molecular flexibility index (Phi) is 4.89. The molecule has 2 aliphatic heterocycles. The second-order valence-electron chi connectivity index (χ2n) is 7.18. The van der Waals surface area contributed by atoms with Crippen molar-refractivity contribution in [3.05, 3.63) is 42.0 Å². The van der Waals surface area contributed by atoms with E-state index in [1.54, 1.807) is 4.90 Å². The smallest absolute Gasteiger partial charge is 0.259 e. The maximum atomic E-state index is 12.7. The molecule has 2 amide bonds. The predicted octanol–water partition coefficient (Wildman–Crippen LogP) is 2.79. The van der Waals surface area contributed by atoms with Crippen molar-refractivity contribution in [2.24, 2.45) is 0 Å². The molecule has 2 aromatic carbocycles. The fraction of sp³-hybridized carbons (Fsp3) is 0.429. The van der Waals surface area contributed by atoms with Crippen LogP contribution >= 0.6 is 0 Å². The van der Waals surface area contributed by atoms with Crippen molar-refractivity contribution in [1.29, 1.82) is 0 Å². The van der Waals surface area contributed by atoms with Crippen LogP contribution in [0.25, 0.3) is 10.8 Å². The Bertz CT molecular complexity index is 822. The maximum absolute atomic E-state index is 12.7. The van der Waals surface area contributed by atoms with Gasteiger partial charge in [-0.15, -0.1) is 0 Å². The molecule has 2 aliphatic rings. The predicted molar refractivity (Wildman–Crippen MR) is 104 cm³/mol. The molecule has 2 aromatic rings. The number of carbonyl (C=O) groups excluding carboxylic acids is 2. The molecule has 5 nitrogen and oxygen atoms in total. The summed E-state index contributed by atoms with van der Waals surface area (Å²) in [6, 6.07) is 11.6. The van der Waals surface area contributed by atoms with Crippen molar-refractivity contribution in [3.63, 3.8) is 0 Å². The van der Waals surface area contributed by atoms with Gasteiger partial charge < -0.3 is 10.2 Å². The Balaban J connectivity index is 1.32. The summed E-state index contributed by atoms with van der Waals surface area (Å²) >= 11 is 0. The quantitative estimate of drug-likeness (QED) is 0.814. The highest BCUT2D eigenvalue weighted by Crippen LogP contribution is 2.36. The zero-order valence-electron chi connectivity index (χ0n) is 15.0. The number of amides is 2. The van der Waals surface area contributed by atoms with Crippen molar-refractivity contribution >= 4 is 28.3 Å². The molecule has 0 atom stereocenters. The molecule has 2 heterocycles. The largest absolute Gasteiger partial charge is 0.355 e. The second kappa shape index (κ2) is 7.46.